The van der Waals surface area contributed by atoms with Crippen LogP contribution in [0.5, 0.6) is 5.75 Å². The van der Waals surface area contributed by atoms with Crippen molar-refractivity contribution in [3.05, 3.63) is 32.2 Å². The third kappa shape index (κ3) is 2.81. The number of hydrogen-bond acceptors (Lipinski definition) is 4. The van der Waals surface area contributed by atoms with E-state index in [0.29, 0.717) is 17.3 Å². The minimum absolute atomic E-state index is 0.198. The summed E-state index contributed by atoms with van der Waals surface area (Å²) in [6.45, 7) is 6.52. The first-order valence-corrected chi connectivity index (χ1v) is 7.31. The molecule has 0 radical (unpaired) electrons. The van der Waals surface area contributed by atoms with Gasteiger partial charge in [-0.2, -0.15) is 5.10 Å². The summed E-state index contributed by atoms with van der Waals surface area (Å²) in [4.78, 5) is 12.2. The van der Waals surface area contributed by atoms with Crippen molar-refractivity contribution < 1.29 is 14.6 Å². The summed E-state index contributed by atoms with van der Waals surface area (Å²) < 4.78 is 7.39. The van der Waals surface area contributed by atoms with Gasteiger partial charge in [0.05, 0.1) is 16.4 Å². The molecule has 0 atom stereocenters. The standard InChI is InChI=1S/C13H15ClN2O3S/c1-4-16-9(11(14)8(3)15-16)6-19-10-5-7(2)20-12(10)13(17)18/h5H,4,6H2,1-3H3,(H,17,18). The number of halogens is 1. The zero-order valence-electron chi connectivity index (χ0n) is 11.4. The molecule has 0 aliphatic heterocycles. The van der Waals surface area contributed by atoms with E-state index in [1.165, 1.54) is 11.3 Å². The number of carboxylic acid groups (broad SMARTS) is 1. The van der Waals surface area contributed by atoms with Crippen LogP contribution < -0.4 is 4.74 Å². The molecule has 0 bridgehead atoms. The van der Waals surface area contributed by atoms with Gasteiger partial charge in [-0.15, -0.1) is 11.3 Å². The molecule has 2 aromatic rings. The Morgan fingerprint density at radius 2 is 2.25 bits per heavy atom. The molecule has 0 spiro atoms. The molecule has 0 amide bonds. The van der Waals surface area contributed by atoms with Gasteiger partial charge in [0.25, 0.3) is 0 Å². The molecule has 0 fully saturated rings. The van der Waals surface area contributed by atoms with Crippen LogP contribution >= 0.6 is 22.9 Å². The van der Waals surface area contributed by atoms with E-state index in [2.05, 4.69) is 5.10 Å². The Bertz CT molecular complexity index is 648. The summed E-state index contributed by atoms with van der Waals surface area (Å²) in [6, 6.07) is 1.72. The average Bonchev–Trinajstić information content (AvgIpc) is 2.89. The first kappa shape index (κ1) is 14.9. The fourth-order valence-corrected chi connectivity index (χ4v) is 2.88. The van der Waals surface area contributed by atoms with Gasteiger partial charge < -0.3 is 9.84 Å². The highest BCUT2D eigenvalue weighted by Gasteiger charge is 2.18. The highest BCUT2D eigenvalue weighted by molar-refractivity contribution is 7.14. The molecule has 5 nitrogen and oxygen atoms in total. The fourth-order valence-electron chi connectivity index (χ4n) is 1.90. The monoisotopic (exact) mass is 314 g/mol. The second-order valence-corrected chi connectivity index (χ2v) is 5.94. The summed E-state index contributed by atoms with van der Waals surface area (Å²) in [5, 5.41) is 14.0. The molecule has 0 aromatic carbocycles. The van der Waals surface area contributed by atoms with Gasteiger partial charge in [-0.05, 0) is 26.8 Å². The number of aryl methyl sites for hydroxylation is 3. The molecular formula is C13H15ClN2O3S. The zero-order chi connectivity index (χ0) is 14.9. The van der Waals surface area contributed by atoms with Crippen molar-refractivity contribution in [1.29, 1.82) is 0 Å². The molecule has 0 aliphatic rings. The van der Waals surface area contributed by atoms with Crippen LogP contribution in [0.2, 0.25) is 5.02 Å². The van der Waals surface area contributed by atoms with E-state index in [1.807, 2.05) is 20.8 Å². The second kappa shape index (κ2) is 5.85. The van der Waals surface area contributed by atoms with E-state index in [-0.39, 0.29) is 11.5 Å². The molecule has 2 aromatic heterocycles. The van der Waals surface area contributed by atoms with Crippen LogP contribution in [-0.4, -0.2) is 20.9 Å². The minimum atomic E-state index is -0.982. The molecular weight excluding hydrogens is 300 g/mol. The predicted molar refractivity (Wildman–Crippen MR) is 78.0 cm³/mol. The van der Waals surface area contributed by atoms with Crippen molar-refractivity contribution in [2.45, 2.75) is 33.9 Å². The molecule has 108 valence electrons. The lowest BCUT2D eigenvalue weighted by atomic mass is 10.3. The summed E-state index contributed by atoms with van der Waals surface area (Å²) in [5.74, 6) is -0.609. The molecule has 20 heavy (non-hydrogen) atoms. The number of thiophene rings is 1. The second-order valence-electron chi connectivity index (χ2n) is 4.31. The molecule has 7 heteroatoms. The Morgan fingerprint density at radius 3 is 2.85 bits per heavy atom. The van der Waals surface area contributed by atoms with E-state index in [9.17, 15) is 4.79 Å². The van der Waals surface area contributed by atoms with Gasteiger partial charge >= 0.3 is 5.97 Å². The lowest BCUT2D eigenvalue weighted by Gasteiger charge is -2.07. The summed E-state index contributed by atoms with van der Waals surface area (Å²) in [5.41, 5.74) is 1.50. The number of ether oxygens (including phenoxy) is 1. The van der Waals surface area contributed by atoms with Gasteiger partial charge in [-0.25, -0.2) is 4.79 Å². The summed E-state index contributed by atoms with van der Waals surface area (Å²) >= 11 is 7.39. The third-order valence-electron chi connectivity index (χ3n) is 2.83. The van der Waals surface area contributed by atoms with Gasteiger partial charge in [0, 0.05) is 11.4 Å². The minimum Gasteiger partial charge on any atom is -0.485 e. The smallest absolute Gasteiger partial charge is 0.349 e. The van der Waals surface area contributed by atoms with Crippen molar-refractivity contribution in [2.75, 3.05) is 0 Å². The zero-order valence-corrected chi connectivity index (χ0v) is 13.0. The molecule has 2 heterocycles. The van der Waals surface area contributed by atoms with Crippen molar-refractivity contribution >= 4 is 28.9 Å². The Balaban J connectivity index is 2.23. The summed E-state index contributed by atoms with van der Waals surface area (Å²) in [7, 11) is 0. The van der Waals surface area contributed by atoms with Gasteiger partial charge in [0.2, 0.25) is 0 Å². The van der Waals surface area contributed by atoms with E-state index in [4.69, 9.17) is 21.4 Å². The maximum atomic E-state index is 11.1. The molecule has 0 saturated heterocycles. The maximum Gasteiger partial charge on any atom is 0.349 e. The maximum absolute atomic E-state index is 11.1. The molecule has 0 unspecified atom stereocenters. The third-order valence-corrected chi connectivity index (χ3v) is 4.34. The van der Waals surface area contributed by atoms with Crippen LogP contribution in [0.3, 0.4) is 0 Å². The van der Waals surface area contributed by atoms with Crippen LogP contribution in [0.25, 0.3) is 0 Å². The lowest BCUT2D eigenvalue weighted by Crippen LogP contribution is -2.07. The van der Waals surface area contributed by atoms with Crippen LogP contribution in [0.4, 0.5) is 0 Å². The average molecular weight is 315 g/mol. The van der Waals surface area contributed by atoms with E-state index in [0.717, 1.165) is 16.3 Å². The highest BCUT2D eigenvalue weighted by atomic mass is 35.5. The van der Waals surface area contributed by atoms with Crippen molar-refractivity contribution in [2.24, 2.45) is 0 Å². The van der Waals surface area contributed by atoms with Gasteiger partial charge in [0.15, 0.2) is 4.88 Å². The first-order chi connectivity index (χ1) is 9.43. The number of rotatable bonds is 5. The topological polar surface area (TPSA) is 64.4 Å². The van der Waals surface area contributed by atoms with Crippen LogP contribution in [0, 0.1) is 13.8 Å². The highest BCUT2D eigenvalue weighted by Crippen LogP contribution is 2.30. The van der Waals surface area contributed by atoms with Crippen molar-refractivity contribution in [1.82, 2.24) is 9.78 Å². The van der Waals surface area contributed by atoms with Crippen LogP contribution in [0.1, 0.15) is 32.9 Å². The number of hydrogen-bond donors (Lipinski definition) is 1. The van der Waals surface area contributed by atoms with Crippen LogP contribution in [-0.2, 0) is 13.2 Å². The molecule has 1 N–H and O–H groups in total. The van der Waals surface area contributed by atoms with Crippen LogP contribution in [0.15, 0.2) is 6.07 Å². The van der Waals surface area contributed by atoms with Crippen molar-refractivity contribution in [3.8, 4) is 5.75 Å². The van der Waals surface area contributed by atoms with Crippen molar-refractivity contribution in [3.63, 3.8) is 0 Å². The SMILES string of the molecule is CCn1nc(C)c(Cl)c1COc1cc(C)sc1C(=O)O. The summed E-state index contributed by atoms with van der Waals surface area (Å²) in [6.07, 6.45) is 0. The Labute approximate surface area is 125 Å². The van der Waals surface area contributed by atoms with E-state index >= 15 is 0 Å². The van der Waals surface area contributed by atoms with E-state index < -0.39 is 5.97 Å². The fraction of sp³-hybridized carbons (Fsp3) is 0.385. The first-order valence-electron chi connectivity index (χ1n) is 6.12. The van der Waals surface area contributed by atoms with Gasteiger partial charge in [-0.3, -0.25) is 4.68 Å². The lowest BCUT2D eigenvalue weighted by molar-refractivity contribution is 0.0697. The van der Waals surface area contributed by atoms with E-state index in [1.54, 1.807) is 10.7 Å². The molecule has 0 saturated carbocycles. The quantitative estimate of drug-likeness (QED) is 0.917. The largest absolute Gasteiger partial charge is 0.485 e. The number of aromatic nitrogens is 2. The number of carbonyl (C=O) groups is 1. The normalized spacial score (nSPS) is 10.8. The Morgan fingerprint density at radius 1 is 1.55 bits per heavy atom. The number of aromatic carboxylic acids is 1. The number of carboxylic acids is 1. The Hall–Kier alpha value is -1.53. The predicted octanol–water partition coefficient (Wildman–Crippen LogP) is 3.51. The Kier molecular flexibility index (Phi) is 4.35. The van der Waals surface area contributed by atoms with Gasteiger partial charge in [0.1, 0.15) is 12.4 Å². The number of nitrogens with zero attached hydrogens (tertiary/aromatic N) is 2. The van der Waals surface area contributed by atoms with Gasteiger partial charge in [-0.1, -0.05) is 11.6 Å². The molecule has 0 aliphatic carbocycles. The molecule has 2 rings (SSSR count).